The van der Waals surface area contributed by atoms with Gasteiger partial charge in [0.25, 0.3) is 0 Å². The Morgan fingerprint density at radius 3 is 2.23 bits per heavy atom. The molecule has 0 aliphatic carbocycles. The summed E-state index contributed by atoms with van der Waals surface area (Å²) in [5, 5.41) is 5.69. The minimum Gasteiger partial charge on any atom is -0.341 e. The van der Waals surface area contributed by atoms with E-state index < -0.39 is 18.0 Å². The van der Waals surface area contributed by atoms with Crippen LogP contribution < -0.4 is 22.5 Å². The molecule has 7 N–H and O–H groups in total. The van der Waals surface area contributed by atoms with E-state index in [2.05, 4.69) is 10.3 Å². The SMILES string of the molecule is NCCN(CCN)C(=O)C[C@H](N)C(=O)N[C@H](C(=O)Cc1cnc2ccccc2c1)c1ccc2ccccc2c1. The molecule has 0 saturated carbocycles. The standard InChI is InChI=1S/C30H34N6O3/c31-11-13-36(14-12-32)28(38)18-25(33)30(39)35-29(24-10-9-21-5-1-2-6-22(21)17-24)27(37)16-20-15-23-7-3-4-8-26(23)34-19-20/h1-10,15,17,19,25,29H,11-14,16,18,31-33H2,(H,35,39)/t25-,29-/m0/s1. The second kappa shape index (κ2) is 13.1. The summed E-state index contributed by atoms with van der Waals surface area (Å²) in [5.41, 5.74) is 19.5. The van der Waals surface area contributed by atoms with E-state index in [1.54, 1.807) is 6.20 Å². The summed E-state index contributed by atoms with van der Waals surface area (Å²) >= 11 is 0. The molecule has 3 aromatic carbocycles. The minimum atomic E-state index is -1.14. The van der Waals surface area contributed by atoms with Crippen molar-refractivity contribution in [1.29, 1.82) is 0 Å². The lowest BCUT2D eigenvalue weighted by molar-refractivity contribution is -0.134. The Hall–Kier alpha value is -4.18. The average molecular weight is 527 g/mol. The van der Waals surface area contributed by atoms with Crippen LogP contribution in [-0.2, 0) is 20.8 Å². The molecule has 4 rings (SSSR count). The molecule has 0 unspecified atom stereocenters. The predicted octanol–water partition coefficient (Wildman–Crippen LogP) is 1.82. The van der Waals surface area contributed by atoms with Crippen molar-refractivity contribution in [2.45, 2.75) is 24.9 Å². The van der Waals surface area contributed by atoms with Crippen LogP contribution in [0.25, 0.3) is 21.7 Å². The van der Waals surface area contributed by atoms with Gasteiger partial charge in [-0.3, -0.25) is 19.4 Å². The molecule has 4 aromatic rings. The number of benzene rings is 3. The number of para-hydroxylation sites is 1. The molecule has 202 valence electrons. The van der Waals surface area contributed by atoms with Crippen LogP contribution in [0.2, 0.25) is 0 Å². The maximum atomic E-state index is 13.7. The van der Waals surface area contributed by atoms with E-state index in [1.807, 2.05) is 72.8 Å². The van der Waals surface area contributed by atoms with Crippen molar-refractivity contribution in [2.24, 2.45) is 17.2 Å². The van der Waals surface area contributed by atoms with Gasteiger partial charge in [-0.05, 0) is 40.1 Å². The van der Waals surface area contributed by atoms with Crippen molar-refractivity contribution in [3.63, 3.8) is 0 Å². The number of hydrogen-bond donors (Lipinski definition) is 4. The number of carbonyl (C=O) groups excluding carboxylic acids is 3. The van der Waals surface area contributed by atoms with Gasteiger partial charge in [-0.2, -0.15) is 0 Å². The van der Waals surface area contributed by atoms with Gasteiger partial charge in [0.2, 0.25) is 11.8 Å². The summed E-state index contributed by atoms with van der Waals surface area (Å²) in [6.45, 7) is 1.19. The molecule has 1 heterocycles. The summed E-state index contributed by atoms with van der Waals surface area (Å²) in [6.07, 6.45) is 1.51. The summed E-state index contributed by atoms with van der Waals surface area (Å²) in [7, 11) is 0. The van der Waals surface area contributed by atoms with E-state index in [-0.39, 0.29) is 37.6 Å². The smallest absolute Gasteiger partial charge is 0.238 e. The zero-order valence-electron chi connectivity index (χ0n) is 21.8. The summed E-state index contributed by atoms with van der Waals surface area (Å²) in [5.74, 6) is -1.13. The predicted molar refractivity (Wildman–Crippen MR) is 153 cm³/mol. The average Bonchev–Trinajstić information content (AvgIpc) is 2.95. The first-order valence-corrected chi connectivity index (χ1v) is 13.0. The summed E-state index contributed by atoms with van der Waals surface area (Å²) in [4.78, 5) is 45.5. The number of nitrogens with zero attached hydrogens (tertiary/aromatic N) is 2. The molecule has 0 fully saturated rings. The maximum Gasteiger partial charge on any atom is 0.238 e. The Morgan fingerprint density at radius 2 is 1.51 bits per heavy atom. The molecular weight excluding hydrogens is 492 g/mol. The van der Waals surface area contributed by atoms with Crippen LogP contribution in [-0.4, -0.2) is 59.7 Å². The quantitative estimate of drug-likeness (QED) is 0.219. The second-order valence-corrected chi connectivity index (χ2v) is 9.50. The highest BCUT2D eigenvalue weighted by Gasteiger charge is 2.28. The molecule has 2 amide bonds. The van der Waals surface area contributed by atoms with Crippen molar-refractivity contribution in [1.82, 2.24) is 15.2 Å². The first-order chi connectivity index (χ1) is 18.9. The van der Waals surface area contributed by atoms with Crippen LogP contribution in [0, 0.1) is 0 Å². The fourth-order valence-electron chi connectivity index (χ4n) is 4.59. The van der Waals surface area contributed by atoms with E-state index in [9.17, 15) is 14.4 Å². The Labute approximate surface area is 227 Å². The van der Waals surface area contributed by atoms with Gasteiger partial charge < -0.3 is 27.4 Å². The van der Waals surface area contributed by atoms with Gasteiger partial charge in [0.05, 0.1) is 18.0 Å². The van der Waals surface area contributed by atoms with Gasteiger partial charge in [-0.25, -0.2) is 0 Å². The number of rotatable bonds is 12. The molecule has 0 spiro atoms. The van der Waals surface area contributed by atoms with E-state index in [0.29, 0.717) is 18.7 Å². The number of hydrogen-bond acceptors (Lipinski definition) is 7. The third-order valence-electron chi connectivity index (χ3n) is 6.62. The molecular formula is C30H34N6O3. The summed E-state index contributed by atoms with van der Waals surface area (Å²) in [6, 6.07) is 20.9. The van der Waals surface area contributed by atoms with Crippen LogP contribution in [0.5, 0.6) is 0 Å². The Balaban J connectivity index is 1.57. The number of fused-ring (bicyclic) bond motifs is 2. The van der Waals surface area contributed by atoms with E-state index in [4.69, 9.17) is 17.2 Å². The lowest BCUT2D eigenvalue weighted by atomic mass is 9.95. The Morgan fingerprint density at radius 1 is 0.846 bits per heavy atom. The van der Waals surface area contributed by atoms with Crippen LogP contribution in [0.15, 0.2) is 79.0 Å². The van der Waals surface area contributed by atoms with Crippen LogP contribution in [0.1, 0.15) is 23.6 Å². The van der Waals surface area contributed by atoms with Crippen molar-refractivity contribution in [3.8, 4) is 0 Å². The number of nitrogens with two attached hydrogens (primary N) is 3. The van der Waals surface area contributed by atoms with Crippen LogP contribution in [0.4, 0.5) is 0 Å². The molecule has 2 atom stereocenters. The van der Waals surface area contributed by atoms with Gasteiger partial charge in [0.1, 0.15) is 6.04 Å². The first-order valence-electron chi connectivity index (χ1n) is 13.0. The van der Waals surface area contributed by atoms with Gasteiger partial charge >= 0.3 is 0 Å². The van der Waals surface area contributed by atoms with E-state index in [1.165, 1.54) is 4.90 Å². The molecule has 9 heteroatoms. The van der Waals surface area contributed by atoms with E-state index in [0.717, 1.165) is 27.2 Å². The number of nitrogens with one attached hydrogen (secondary N) is 1. The highest BCUT2D eigenvalue weighted by Crippen LogP contribution is 2.23. The fourth-order valence-corrected chi connectivity index (χ4v) is 4.59. The number of aromatic nitrogens is 1. The topological polar surface area (TPSA) is 157 Å². The van der Waals surface area contributed by atoms with Gasteiger partial charge in [-0.15, -0.1) is 0 Å². The van der Waals surface area contributed by atoms with Crippen LogP contribution >= 0.6 is 0 Å². The molecule has 39 heavy (non-hydrogen) atoms. The molecule has 9 nitrogen and oxygen atoms in total. The Kier molecular flexibility index (Phi) is 9.32. The monoisotopic (exact) mass is 526 g/mol. The van der Waals surface area contributed by atoms with Gasteiger partial charge in [0.15, 0.2) is 5.78 Å². The highest BCUT2D eigenvalue weighted by molar-refractivity contribution is 5.95. The molecule has 1 aromatic heterocycles. The molecule has 0 aliphatic rings. The maximum absolute atomic E-state index is 13.7. The molecule has 0 bridgehead atoms. The number of Topliss-reactive ketones (excluding diaryl/α,β-unsaturated/α-hetero) is 1. The first kappa shape index (κ1) is 27.8. The zero-order chi connectivity index (χ0) is 27.8. The van der Waals surface area contributed by atoms with Gasteiger partial charge in [0, 0.05) is 44.2 Å². The van der Waals surface area contributed by atoms with Crippen LogP contribution in [0.3, 0.4) is 0 Å². The number of ketones is 1. The second-order valence-electron chi connectivity index (χ2n) is 9.50. The number of pyridine rings is 1. The number of carbonyl (C=O) groups is 3. The third kappa shape index (κ3) is 7.02. The lowest BCUT2D eigenvalue weighted by Crippen LogP contribution is -2.48. The normalized spacial score (nSPS) is 12.7. The third-order valence-corrected chi connectivity index (χ3v) is 6.62. The van der Waals surface area contributed by atoms with Crippen molar-refractivity contribution in [3.05, 3.63) is 90.1 Å². The molecule has 0 aliphatic heterocycles. The molecule has 0 saturated heterocycles. The zero-order valence-corrected chi connectivity index (χ0v) is 21.8. The van der Waals surface area contributed by atoms with Crippen molar-refractivity contribution >= 4 is 39.3 Å². The minimum absolute atomic E-state index is 0.0601. The fraction of sp³-hybridized carbons (Fsp3) is 0.267. The van der Waals surface area contributed by atoms with Crippen molar-refractivity contribution in [2.75, 3.05) is 26.2 Å². The van der Waals surface area contributed by atoms with E-state index >= 15 is 0 Å². The summed E-state index contributed by atoms with van der Waals surface area (Å²) < 4.78 is 0. The Bertz CT molecular complexity index is 1470. The lowest BCUT2D eigenvalue weighted by Gasteiger charge is -2.24. The number of amides is 2. The highest BCUT2D eigenvalue weighted by atomic mass is 16.2. The van der Waals surface area contributed by atoms with Crippen molar-refractivity contribution < 1.29 is 14.4 Å². The molecule has 0 radical (unpaired) electrons. The largest absolute Gasteiger partial charge is 0.341 e. The van der Waals surface area contributed by atoms with Gasteiger partial charge in [-0.1, -0.05) is 54.6 Å².